The monoisotopic (exact) mass is 125 g/mol. The fourth-order valence-corrected chi connectivity index (χ4v) is 0.702. The van der Waals surface area contributed by atoms with E-state index in [0.29, 0.717) is 0 Å². The number of furan rings is 1. The molecule has 1 rings (SSSR count). The lowest BCUT2D eigenvalue weighted by atomic mass is 10.4. The average molecular weight is 125 g/mol. The Morgan fingerprint density at radius 3 is 2.67 bits per heavy atom. The molecular weight excluding hydrogens is 114 g/mol. The first-order valence-corrected chi connectivity index (χ1v) is 3.13. The Hall–Kier alpha value is -0.920. The molecule has 0 aliphatic rings. The maximum absolute atomic E-state index is 5.27. The maximum Gasteiger partial charge on any atom is 0.192 e. The van der Waals surface area contributed by atoms with E-state index in [0.717, 1.165) is 18.1 Å². The van der Waals surface area contributed by atoms with Crippen molar-refractivity contribution in [2.75, 3.05) is 12.4 Å². The van der Waals surface area contributed by atoms with Gasteiger partial charge in [-0.05, 0) is 6.07 Å². The van der Waals surface area contributed by atoms with Crippen molar-refractivity contribution in [2.24, 2.45) is 0 Å². The maximum atomic E-state index is 5.27. The minimum absolute atomic E-state index is 0.840. The van der Waals surface area contributed by atoms with Crippen molar-refractivity contribution in [3.8, 4) is 0 Å². The van der Waals surface area contributed by atoms with Crippen LogP contribution >= 0.6 is 0 Å². The summed E-state index contributed by atoms with van der Waals surface area (Å²) in [5.74, 6) is 1.87. The minimum atomic E-state index is 0.840. The van der Waals surface area contributed by atoms with Gasteiger partial charge in [0.1, 0.15) is 5.76 Å². The molecular formula is C7H11NO. The van der Waals surface area contributed by atoms with Gasteiger partial charge >= 0.3 is 0 Å². The Morgan fingerprint density at radius 2 is 2.33 bits per heavy atom. The highest BCUT2D eigenvalue weighted by Gasteiger charge is 1.94. The van der Waals surface area contributed by atoms with Crippen molar-refractivity contribution in [1.82, 2.24) is 0 Å². The number of hydrogen-bond acceptors (Lipinski definition) is 2. The molecule has 2 heteroatoms. The van der Waals surface area contributed by atoms with E-state index in [4.69, 9.17) is 4.42 Å². The average Bonchev–Trinajstić information content (AvgIpc) is 2.34. The Bertz CT molecular complexity index is 162. The van der Waals surface area contributed by atoms with Crippen LogP contribution in [0.3, 0.4) is 0 Å². The lowest BCUT2D eigenvalue weighted by molar-refractivity contribution is 0.530. The lowest BCUT2D eigenvalue weighted by Crippen LogP contribution is -1.82. The third-order valence-electron chi connectivity index (χ3n) is 1.26. The second-order valence-corrected chi connectivity index (χ2v) is 1.87. The highest BCUT2D eigenvalue weighted by Crippen LogP contribution is 2.11. The molecule has 1 heterocycles. The Balaban J connectivity index is 2.74. The SMILES string of the molecule is CCc1ccc(NC)o1. The highest BCUT2D eigenvalue weighted by atomic mass is 16.4. The van der Waals surface area contributed by atoms with Crippen LogP contribution in [-0.4, -0.2) is 7.05 Å². The van der Waals surface area contributed by atoms with Crippen LogP contribution < -0.4 is 5.32 Å². The fraction of sp³-hybridized carbons (Fsp3) is 0.429. The zero-order valence-corrected chi connectivity index (χ0v) is 5.77. The van der Waals surface area contributed by atoms with Crippen molar-refractivity contribution in [2.45, 2.75) is 13.3 Å². The fourth-order valence-electron chi connectivity index (χ4n) is 0.702. The number of rotatable bonds is 2. The van der Waals surface area contributed by atoms with Crippen molar-refractivity contribution < 1.29 is 4.42 Å². The van der Waals surface area contributed by atoms with E-state index in [1.165, 1.54) is 0 Å². The Labute approximate surface area is 54.9 Å². The minimum Gasteiger partial charge on any atom is -0.446 e. The van der Waals surface area contributed by atoms with E-state index in [9.17, 15) is 0 Å². The van der Waals surface area contributed by atoms with Gasteiger partial charge in [0.2, 0.25) is 0 Å². The van der Waals surface area contributed by atoms with E-state index in [-0.39, 0.29) is 0 Å². The predicted molar refractivity (Wildman–Crippen MR) is 37.6 cm³/mol. The van der Waals surface area contributed by atoms with Crippen LogP contribution in [0, 0.1) is 0 Å². The third kappa shape index (κ3) is 1.25. The molecule has 0 aliphatic carbocycles. The second-order valence-electron chi connectivity index (χ2n) is 1.87. The number of anilines is 1. The van der Waals surface area contributed by atoms with E-state index in [1.54, 1.807) is 0 Å². The van der Waals surface area contributed by atoms with Crippen LogP contribution in [0.4, 0.5) is 5.88 Å². The molecule has 0 aliphatic heterocycles. The van der Waals surface area contributed by atoms with Gasteiger partial charge < -0.3 is 9.73 Å². The standard InChI is InChI=1S/C7H11NO/c1-3-6-4-5-7(8-2)9-6/h4-5,8H,3H2,1-2H3. The Morgan fingerprint density at radius 1 is 1.56 bits per heavy atom. The zero-order valence-electron chi connectivity index (χ0n) is 5.77. The van der Waals surface area contributed by atoms with Crippen LogP contribution in [0.15, 0.2) is 16.5 Å². The molecule has 0 saturated carbocycles. The topological polar surface area (TPSA) is 25.2 Å². The molecule has 0 aromatic carbocycles. The van der Waals surface area contributed by atoms with Crippen molar-refractivity contribution >= 4 is 5.88 Å². The van der Waals surface area contributed by atoms with Crippen molar-refractivity contribution in [3.05, 3.63) is 17.9 Å². The molecule has 50 valence electrons. The van der Waals surface area contributed by atoms with Gasteiger partial charge in [0.25, 0.3) is 0 Å². The van der Waals surface area contributed by atoms with E-state index >= 15 is 0 Å². The third-order valence-corrected chi connectivity index (χ3v) is 1.26. The molecule has 0 atom stereocenters. The molecule has 0 fully saturated rings. The first-order chi connectivity index (χ1) is 4.36. The first-order valence-electron chi connectivity index (χ1n) is 3.13. The molecule has 9 heavy (non-hydrogen) atoms. The largest absolute Gasteiger partial charge is 0.446 e. The van der Waals surface area contributed by atoms with Crippen molar-refractivity contribution in [3.63, 3.8) is 0 Å². The normalized spacial score (nSPS) is 9.56. The summed E-state index contributed by atoms with van der Waals surface area (Å²) in [5.41, 5.74) is 0. The molecule has 0 bridgehead atoms. The second kappa shape index (κ2) is 2.58. The van der Waals surface area contributed by atoms with Crippen LogP contribution in [-0.2, 0) is 6.42 Å². The van der Waals surface area contributed by atoms with Gasteiger partial charge in [0.15, 0.2) is 5.88 Å². The quantitative estimate of drug-likeness (QED) is 0.652. The first kappa shape index (κ1) is 6.20. The summed E-state index contributed by atoms with van der Waals surface area (Å²) in [4.78, 5) is 0. The number of hydrogen-bond donors (Lipinski definition) is 1. The molecule has 0 spiro atoms. The molecule has 1 aromatic heterocycles. The van der Waals surface area contributed by atoms with Gasteiger partial charge in [-0.2, -0.15) is 0 Å². The molecule has 1 aromatic rings. The summed E-state index contributed by atoms with van der Waals surface area (Å²) >= 11 is 0. The van der Waals surface area contributed by atoms with Crippen LogP contribution in [0.2, 0.25) is 0 Å². The van der Waals surface area contributed by atoms with Gasteiger partial charge in [0, 0.05) is 19.5 Å². The van der Waals surface area contributed by atoms with Crippen LogP contribution in [0.25, 0.3) is 0 Å². The summed E-state index contributed by atoms with van der Waals surface area (Å²) in [7, 11) is 1.85. The summed E-state index contributed by atoms with van der Waals surface area (Å²) in [6.45, 7) is 2.07. The summed E-state index contributed by atoms with van der Waals surface area (Å²) in [6.07, 6.45) is 0.960. The highest BCUT2D eigenvalue weighted by molar-refractivity contribution is 5.30. The summed E-state index contributed by atoms with van der Waals surface area (Å²) < 4.78 is 5.27. The number of nitrogens with one attached hydrogen (secondary N) is 1. The van der Waals surface area contributed by atoms with Gasteiger partial charge in [-0.25, -0.2) is 0 Å². The molecule has 0 amide bonds. The summed E-state index contributed by atoms with van der Waals surface area (Å²) in [5, 5.41) is 2.92. The summed E-state index contributed by atoms with van der Waals surface area (Å²) in [6, 6.07) is 3.91. The Kier molecular flexibility index (Phi) is 1.78. The van der Waals surface area contributed by atoms with Gasteiger partial charge in [-0.3, -0.25) is 0 Å². The van der Waals surface area contributed by atoms with E-state index in [2.05, 4.69) is 12.2 Å². The van der Waals surface area contributed by atoms with E-state index in [1.807, 2.05) is 19.2 Å². The number of aryl methyl sites for hydroxylation is 1. The zero-order chi connectivity index (χ0) is 6.69. The van der Waals surface area contributed by atoms with Gasteiger partial charge in [-0.15, -0.1) is 0 Å². The molecule has 0 radical (unpaired) electrons. The molecule has 2 nitrogen and oxygen atoms in total. The lowest BCUT2D eigenvalue weighted by Gasteiger charge is -1.89. The molecule has 0 unspecified atom stereocenters. The van der Waals surface area contributed by atoms with E-state index < -0.39 is 0 Å². The molecule has 0 saturated heterocycles. The van der Waals surface area contributed by atoms with Crippen LogP contribution in [0.1, 0.15) is 12.7 Å². The molecule has 1 N–H and O–H groups in total. The predicted octanol–water partition coefficient (Wildman–Crippen LogP) is 1.88. The van der Waals surface area contributed by atoms with Crippen molar-refractivity contribution in [1.29, 1.82) is 0 Å². The smallest absolute Gasteiger partial charge is 0.192 e. The van der Waals surface area contributed by atoms with Crippen LogP contribution in [0.5, 0.6) is 0 Å². The van der Waals surface area contributed by atoms with Gasteiger partial charge in [-0.1, -0.05) is 6.92 Å². The van der Waals surface area contributed by atoms with Gasteiger partial charge in [0.05, 0.1) is 0 Å².